The Morgan fingerprint density at radius 3 is 2.80 bits per heavy atom. The van der Waals surface area contributed by atoms with Crippen LogP contribution in [0.5, 0.6) is 0 Å². The minimum atomic E-state index is 1.01. The molecule has 0 radical (unpaired) electrons. The summed E-state index contributed by atoms with van der Waals surface area (Å²) in [7, 11) is 2.01. The highest BCUT2D eigenvalue weighted by atomic mass is 15.2. The number of allylic oxidation sites excluding steroid dienone is 3. The molecular weight excluding hydrogens is 124 g/mol. The first-order valence-electron chi connectivity index (χ1n) is 3.36. The Morgan fingerprint density at radius 1 is 1.60 bits per heavy atom. The van der Waals surface area contributed by atoms with Crippen LogP contribution >= 0.6 is 0 Å². The van der Waals surface area contributed by atoms with Crippen molar-refractivity contribution in [3.63, 3.8) is 0 Å². The topological polar surface area (TPSA) is 15.6 Å². The molecule has 0 bridgehead atoms. The molecule has 0 aromatic rings. The van der Waals surface area contributed by atoms with Gasteiger partial charge in [0.25, 0.3) is 0 Å². The normalized spacial score (nSPS) is 21.7. The average Bonchev–Trinajstić information content (AvgIpc) is 1.95. The fourth-order valence-corrected chi connectivity index (χ4v) is 0.869. The van der Waals surface area contributed by atoms with Crippen LogP contribution in [0, 0.1) is 0 Å². The molecule has 2 heteroatoms. The molecule has 0 fully saturated rings. The third-order valence-electron chi connectivity index (χ3n) is 1.65. The van der Waals surface area contributed by atoms with Crippen molar-refractivity contribution < 1.29 is 0 Å². The van der Waals surface area contributed by atoms with Crippen LogP contribution in [-0.4, -0.2) is 18.2 Å². The fourth-order valence-electron chi connectivity index (χ4n) is 0.869. The van der Waals surface area contributed by atoms with E-state index in [-0.39, 0.29) is 0 Å². The zero-order chi connectivity index (χ0) is 7.56. The van der Waals surface area contributed by atoms with Gasteiger partial charge in [-0.15, -0.1) is 0 Å². The Balaban J connectivity index is 2.89. The highest BCUT2D eigenvalue weighted by Crippen LogP contribution is 2.13. The van der Waals surface area contributed by atoms with E-state index in [1.54, 1.807) is 0 Å². The Kier molecular flexibility index (Phi) is 1.90. The van der Waals surface area contributed by atoms with Gasteiger partial charge in [0.05, 0.1) is 0 Å². The SMILES string of the molecule is C/C=C1/N=CC=C(C)N1C. The van der Waals surface area contributed by atoms with Crippen molar-refractivity contribution in [3.05, 3.63) is 23.7 Å². The minimum absolute atomic E-state index is 1.01. The van der Waals surface area contributed by atoms with Gasteiger partial charge in [-0.05, 0) is 26.0 Å². The monoisotopic (exact) mass is 136 g/mol. The predicted molar refractivity (Wildman–Crippen MR) is 43.8 cm³/mol. The summed E-state index contributed by atoms with van der Waals surface area (Å²) in [5, 5.41) is 0. The molecule has 0 saturated heterocycles. The van der Waals surface area contributed by atoms with E-state index >= 15 is 0 Å². The standard InChI is InChI=1S/C8H12N2/c1-4-8-9-6-5-7(2)10(8)3/h4-6H,1-3H3/b8-4-. The lowest BCUT2D eigenvalue weighted by molar-refractivity contribution is 0.510. The number of hydrogen-bond acceptors (Lipinski definition) is 2. The zero-order valence-electron chi connectivity index (χ0n) is 6.63. The molecule has 0 aromatic heterocycles. The van der Waals surface area contributed by atoms with Gasteiger partial charge in [0.1, 0.15) is 5.82 Å². The van der Waals surface area contributed by atoms with Gasteiger partial charge < -0.3 is 4.90 Å². The maximum absolute atomic E-state index is 4.16. The van der Waals surface area contributed by atoms with Crippen LogP contribution in [0.15, 0.2) is 28.7 Å². The average molecular weight is 136 g/mol. The van der Waals surface area contributed by atoms with Crippen molar-refractivity contribution >= 4 is 6.21 Å². The smallest absolute Gasteiger partial charge is 0.128 e. The van der Waals surface area contributed by atoms with Crippen LogP contribution in [0.2, 0.25) is 0 Å². The molecule has 10 heavy (non-hydrogen) atoms. The maximum Gasteiger partial charge on any atom is 0.128 e. The molecular formula is C8H12N2. The van der Waals surface area contributed by atoms with Crippen LogP contribution in [-0.2, 0) is 0 Å². The third-order valence-corrected chi connectivity index (χ3v) is 1.65. The van der Waals surface area contributed by atoms with E-state index in [0.29, 0.717) is 0 Å². The summed E-state index contributed by atoms with van der Waals surface area (Å²) in [4.78, 5) is 6.22. The molecule has 0 amide bonds. The number of rotatable bonds is 0. The first-order valence-corrected chi connectivity index (χ1v) is 3.36. The predicted octanol–water partition coefficient (Wildman–Crippen LogP) is 1.77. The second kappa shape index (κ2) is 2.69. The van der Waals surface area contributed by atoms with Crippen molar-refractivity contribution in [1.82, 2.24) is 4.90 Å². The largest absolute Gasteiger partial charge is 0.334 e. The van der Waals surface area contributed by atoms with Crippen LogP contribution < -0.4 is 0 Å². The molecule has 54 valence electrons. The quantitative estimate of drug-likeness (QED) is 0.495. The molecule has 0 aromatic carbocycles. The van der Waals surface area contributed by atoms with Gasteiger partial charge in [-0.25, -0.2) is 4.99 Å². The van der Waals surface area contributed by atoms with Crippen LogP contribution in [0.1, 0.15) is 13.8 Å². The summed E-state index contributed by atoms with van der Waals surface area (Å²) in [5.74, 6) is 1.01. The van der Waals surface area contributed by atoms with Gasteiger partial charge in [-0.3, -0.25) is 0 Å². The first kappa shape index (κ1) is 7.06. The van der Waals surface area contributed by atoms with Gasteiger partial charge in [0.15, 0.2) is 0 Å². The third kappa shape index (κ3) is 1.10. The summed E-state index contributed by atoms with van der Waals surface area (Å²) in [6, 6.07) is 0. The maximum atomic E-state index is 4.16. The van der Waals surface area contributed by atoms with Crippen molar-refractivity contribution in [2.24, 2.45) is 4.99 Å². The molecule has 1 rings (SSSR count). The van der Waals surface area contributed by atoms with E-state index < -0.39 is 0 Å². The second-order valence-corrected chi connectivity index (χ2v) is 2.29. The first-order chi connectivity index (χ1) is 4.75. The highest BCUT2D eigenvalue weighted by Gasteiger charge is 2.05. The summed E-state index contributed by atoms with van der Waals surface area (Å²) < 4.78 is 0. The number of aliphatic imine (C=N–C) groups is 1. The van der Waals surface area contributed by atoms with E-state index in [0.717, 1.165) is 5.82 Å². The van der Waals surface area contributed by atoms with Crippen molar-refractivity contribution in [2.75, 3.05) is 7.05 Å². The summed E-state index contributed by atoms with van der Waals surface area (Å²) in [5.41, 5.74) is 1.23. The molecule has 1 aliphatic rings. The van der Waals surface area contributed by atoms with Gasteiger partial charge in [0, 0.05) is 19.0 Å². The molecule has 0 spiro atoms. The second-order valence-electron chi connectivity index (χ2n) is 2.29. The molecule has 0 unspecified atom stereocenters. The van der Waals surface area contributed by atoms with E-state index in [4.69, 9.17) is 0 Å². The van der Waals surface area contributed by atoms with E-state index in [9.17, 15) is 0 Å². The van der Waals surface area contributed by atoms with Crippen molar-refractivity contribution in [1.29, 1.82) is 0 Å². The number of hydrogen-bond donors (Lipinski definition) is 0. The Morgan fingerprint density at radius 2 is 2.30 bits per heavy atom. The molecule has 0 aliphatic carbocycles. The van der Waals surface area contributed by atoms with Crippen LogP contribution in [0.4, 0.5) is 0 Å². The lowest BCUT2D eigenvalue weighted by Gasteiger charge is -2.21. The Hall–Kier alpha value is -1.05. The van der Waals surface area contributed by atoms with Gasteiger partial charge in [-0.1, -0.05) is 0 Å². The minimum Gasteiger partial charge on any atom is -0.334 e. The van der Waals surface area contributed by atoms with Crippen LogP contribution in [0.25, 0.3) is 0 Å². The Bertz CT molecular complexity index is 211. The molecule has 1 aliphatic heterocycles. The van der Waals surface area contributed by atoms with Crippen LogP contribution in [0.3, 0.4) is 0 Å². The Labute approximate surface area is 61.6 Å². The van der Waals surface area contributed by atoms with Gasteiger partial charge in [0.2, 0.25) is 0 Å². The number of nitrogens with zero attached hydrogens (tertiary/aromatic N) is 2. The van der Waals surface area contributed by atoms with E-state index in [1.807, 2.05) is 32.3 Å². The molecule has 0 saturated carbocycles. The van der Waals surface area contributed by atoms with Crippen molar-refractivity contribution in [3.8, 4) is 0 Å². The lowest BCUT2D eigenvalue weighted by Crippen LogP contribution is -2.16. The summed E-state index contributed by atoms with van der Waals surface area (Å²) in [6.45, 7) is 4.05. The fraction of sp³-hybridized carbons (Fsp3) is 0.375. The van der Waals surface area contributed by atoms with Gasteiger partial charge >= 0.3 is 0 Å². The zero-order valence-corrected chi connectivity index (χ0v) is 6.63. The lowest BCUT2D eigenvalue weighted by atomic mass is 10.3. The van der Waals surface area contributed by atoms with Crippen molar-refractivity contribution in [2.45, 2.75) is 13.8 Å². The summed E-state index contributed by atoms with van der Waals surface area (Å²) in [6.07, 6.45) is 5.81. The highest BCUT2D eigenvalue weighted by molar-refractivity contribution is 5.74. The molecule has 1 heterocycles. The van der Waals surface area contributed by atoms with Gasteiger partial charge in [-0.2, -0.15) is 0 Å². The van der Waals surface area contributed by atoms with E-state index in [2.05, 4.69) is 16.8 Å². The molecule has 0 N–H and O–H groups in total. The van der Waals surface area contributed by atoms with E-state index in [1.165, 1.54) is 5.70 Å². The molecule has 0 atom stereocenters. The molecule has 2 nitrogen and oxygen atoms in total. The summed E-state index contributed by atoms with van der Waals surface area (Å²) >= 11 is 0.